The molecule has 1 aliphatic rings. The summed E-state index contributed by atoms with van der Waals surface area (Å²) in [6.07, 6.45) is 5.20. The van der Waals surface area contributed by atoms with Crippen molar-refractivity contribution in [2.75, 3.05) is 25.1 Å². The molecule has 1 atom stereocenters. The first-order valence-corrected chi connectivity index (χ1v) is 18.6. The summed E-state index contributed by atoms with van der Waals surface area (Å²) >= 11 is 6.20. The average molecular weight is 718 g/mol. The second-order valence-electron chi connectivity index (χ2n) is 12.6. The van der Waals surface area contributed by atoms with E-state index in [2.05, 4.69) is 5.32 Å². The molecule has 0 radical (unpaired) electrons. The second-order valence-corrected chi connectivity index (χ2v) is 14.9. The number of halogens is 1. The van der Waals surface area contributed by atoms with Crippen molar-refractivity contribution in [3.8, 4) is 11.5 Å². The van der Waals surface area contributed by atoms with Crippen LogP contribution in [-0.4, -0.2) is 58.0 Å². The minimum atomic E-state index is -4.35. The SMILES string of the molecule is COc1ccc(S(=O)(=O)N(CC(=O)N(Cc2cccc(C)c2)C(Cc2ccccc2)C(=O)NC2CCCCC2)c2ccc(Cl)cc2)cc1OC. The van der Waals surface area contributed by atoms with Gasteiger partial charge in [-0.1, -0.05) is 91.0 Å². The van der Waals surface area contributed by atoms with E-state index in [0.717, 1.165) is 53.1 Å². The third-order valence-electron chi connectivity index (χ3n) is 8.99. The van der Waals surface area contributed by atoms with Gasteiger partial charge in [0.15, 0.2) is 11.5 Å². The quantitative estimate of drug-likeness (QED) is 0.151. The number of anilines is 1. The number of nitrogens with zero attached hydrogens (tertiary/aromatic N) is 2. The smallest absolute Gasteiger partial charge is 0.264 e. The Morgan fingerprint density at radius 3 is 2.18 bits per heavy atom. The minimum Gasteiger partial charge on any atom is -0.493 e. The van der Waals surface area contributed by atoms with Crippen molar-refractivity contribution >= 4 is 39.1 Å². The Labute approximate surface area is 300 Å². The Kier molecular flexibility index (Phi) is 12.4. The number of nitrogens with one attached hydrogen (secondary N) is 1. The molecule has 0 aromatic heterocycles. The van der Waals surface area contributed by atoms with Crippen molar-refractivity contribution < 1.29 is 27.5 Å². The van der Waals surface area contributed by atoms with E-state index >= 15 is 0 Å². The number of hydrogen-bond acceptors (Lipinski definition) is 6. The Hall–Kier alpha value is -4.54. The minimum absolute atomic E-state index is 0.0152. The zero-order valence-electron chi connectivity index (χ0n) is 28.7. The molecule has 1 saturated carbocycles. The topological polar surface area (TPSA) is 105 Å². The lowest BCUT2D eigenvalue weighted by atomic mass is 9.94. The van der Waals surface area contributed by atoms with Crippen LogP contribution in [0, 0.1) is 6.92 Å². The highest BCUT2D eigenvalue weighted by Crippen LogP contribution is 2.33. The molecule has 1 unspecified atom stereocenters. The molecule has 11 heteroatoms. The zero-order chi connectivity index (χ0) is 35.7. The number of carbonyl (C=O) groups is 2. The number of amides is 2. The Balaban J connectivity index is 1.58. The number of methoxy groups -OCH3 is 2. The molecule has 1 N–H and O–H groups in total. The summed E-state index contributed by atoms with van der Waals surface area (Å²) in [4.78, 5) is 30.5. The van der Waals surface area contributed by atoms with Crippen molar-refractivity contribution in [3.63, 3.8) is 0 Å². The van der Waals surface area contributed by atoms with Gasteiger partial charge in [0.2, 0.25) is 11.8 Å². The summed E-state index contributed by atoms with van der Waals surface area (Å²) in [7, 11) is -1.47. The van der Waals surface area contributed by atoms with Crippen LogP contribution < -0.4 is 19.1 Å². The highest BCUT2D eigenvalue weighted by atomic mass is 35.5. The molecule has 5 rings (SSSR count). The first kappa shape index (κ1) is 36.7. The van der Waals surface area contributed by atoms with Crippen molar-refractivity contribution in [1.29, 1.82) is 0 Å². The molecule has 9 nitrogen and oxygen atoms in total. The van der Waals surface area contributed by atoms with E-state index in [1.807, 2.05) is 61.5 Å². The Morgan fingerprint density at radius 1 is 0.840 bits per heavy atom. The predicted molar refractivity (Wildman–Crippen MR) is 196 cm³/mol. The number of ether oxygens (including phenoxy) is 2. The highest BCUT2D eigenvalue weighted by molar-refractivity contribution is 7.92. The molecule has 0 aliphatic heterocycles. The van der Waals surface area contributed by atoms with Crippen molar-refractivity contribution in [1.82, 2.24) is 10.2 Å². The highest BCUT2D eigenvalue weighted by Gasteiger charge is 2.35. The normalized spacial score (nSPS) is 14.0. The summed E-state index contributed by atoms with van der Waals surface area (Å²) in [5.41, 5.74) is 2.94. The summed E-state index contributed by atoms with van der Waals surface area (Å²) in [5, 5.41) is 3.65. The van der Waals surface area contributed by atoms with Crippen LogP contribution in [0.15, 0.2) is 102 Å². The van der Waals surface area contributed by atoms with E-state index < -0.39 is 28.5 Å². The van der Waals surface area contributed by atoms with Crippen LogP contribution in [0.3, 0.4) is 0 Å². The lowest BCUT2D eigenvalue weighted by Crippen LogP contribution is -2.55. The van der Waals surface area contributed by atoms with E-state index in [1.54, 1.807) is 24.3 Å². The molecule has 264 valence electrons. The Morgan fingerprint density at radius 2 is 1.52 bits per heavy atom. The number of rotatable bonds is 14. The number of benzene rings is 4. The maximum Gasteiger partial charge on any atom is 0.264 e. The summed E-state index contributed by atoms with van der Waals surface area (Å²) < 4.78 is 40.7. The monoisotopic (exact) mass is 717 g/mol. The third-order valence-corrected chi connectivity index (χ3v) is 11.0. The summed E-state index contributed by atoms with van der Waals surface area (Å²) in [5.74, 6) is -0.218. The maximum absolute atomic E-state index is 14.8. The summed E-state index contributed by atoms with van der Waals surface area (Å²) in [6, 6.07) is 26.9. The van der Waals surface area contributed by atoms with Crippen LogP contribution in [0.2, 0.25) is 5.02 Å². The fraction of sp³-hybridized carbons (Fsp3) is 0.333. The molecular weight excluding hydrogens is 674 g/mol. The van der Waals surface area contributed by atoms with Crippen LogP contribution in [-0.2, 0) is 32.6 Å². The van der Waals surface area contributed by atoms with E-state index in [-0.39, 0.29) is 41.2 Å². The maximum atomic E-state index is 14.8. The molecule has 1 fully saturated rings. The van der Waals surface area contributed by atoms with Gasteiger partial charge in [-0.2, -0.15) is 0 Å². The van der Waals surface area contributed by atoms with Gasteiger partial charge in [-0.25, -0.2) is 8.42 Å². The van der Waals surface area contributed by atoms with Crippen LogP contribution in [0.25, 0.3) is 0 Å². The van der Waals surface area contributed by atoms with E-state index in [9.17, 15) is 18.0 Å². The number of carbonyl (C=O) groups excluding carboxylic acids is 2. The first-order valence-electron chi connectivity index (χ1n) is 16.8. The molecule has 1 aliphatic carbocycles. The number of sulfonamides is 1. The van der Waals surface area contributed by atoms with Crippen molar-refractivity contribution in [3.05, 3.63) is 119 Å². The molecular formula is C39H44ClN3O6S. The fourth-order valence-corrected chi connectivity index (χ4v) is 7.90. The summed E-state index contributed by atoms with van der Waals surface area (Å²) in [6.45, 7) is 1.48. The molecule has 50 heavy (non-hydrogen) atoms. The molecule has 0 heterocycles. The predicted octanol–water partition coefficient (Wildman–Crippen LogP) is 6.95. The van der Waals surface area contributed by atoms with Gasteiger partial charge in [0.25, 0.3) is 10.0 Å². The van der Waals surface area contributed by atoms with Gasteiger partial charge in [0.05, 0.1) is 24.8 Å². The van der Waals surface area contributed by atoms with E-state index in [1.165, 1.54) is 37.3 Å². The van der Waals surface area contributed by atoms with Gasteiger partial charge < -0.3 is 19.7 Å². The standard InChI is InChI=1S/C39H44ClN3O6S/c1-28-11-10-14-30(23-28)26-42(35(24-29-12-6-4-7-13-29)39(45)41-32-15-8-5-9-16-32)38(44)27-43(33-19-17-31(40)18-20-33)50(46,47)34-21-22-36(48-2)37(25-34)49-3/h4,6-7,10-14,17-23,25,32,35H,5,8-9,15-16,24,26-27H2,1-3H3,(H,41,45). The van der Waals surface area contributed by atoms with Gasteiger partial charge in [-0.15, -0.1) is 0 Å². The van der Waals surface area contributed by atoms with E-state index in [4.69, 9.17) is 21.1 Å². The van der Waals surface area contributed by atoms with Gasteiger partial charge in [0, 0.05) is 30.1 Å². The number of hydrogen-bond donors (Lipinski definition) is 1. The molecule has 0 saturated heterocycles. The van der Waals surface area contributed by atoms with Crippen LogP contribution >= 0.6 is 11.6 Å². The lowest BCUT2D eigenvalue weighted by Gasteiger charge is -2.35. The largest absolute Gasteiger partial charge is 0.493 e. The number of aryl methyl sites for hydroxylation is 1. The van der Waals surface area contributed by atoms with Crippen LogP contribution in [0.5, 0.6) is 11.5 Å². The zero-order valence-corrected chi connectivity index (χ0v) is 30.3. The Bertz CT molecular complexity index is 1860. The molecule has 0 bridgehead atoms. The van der Waals surface area contributed by atoms with Gasteiger partial charge in [0.1, 0.15) is 12.6 Å². The third kappa shape index (κ3) is 9.17. The van der Waals surface area contributed by atoms with Crippen LogP contribution in [0.4, 0.5) is 5.69 Å². The van der Waals surface area contributed by atoms with Crippen molar-refractivity contribution in [2.45, 2.75) is 69.0 Å². The lowest BCUT2D eigenvalue weighted by molar-refractivity contribution is -0.140. The molecule has 4 aromatic carbocycles. The van der Waals surface area contributed by atoms with E-state index in [0.29, 0.717) is 10.8 Å². The average Bonchev–Trinajstić information content (AvgIpc) is 3.12. The molecule has 2 amide bonds. The molecule has 4 aromatic rings. The first-order chi connectivity index (χ1) is 24.1. The van der Waals surface area contributed by atoms with Gasteiger partial charge >= 0.3 is 0 Å². The van der Waals surface area contributed by atoms with Crippen molar-refractivity contribution in [2.24, 2.45) is 0 Å². The van der Waals surface area contributed by atoms with Crippen LogP contribution in [0.1, 0.15) is 48.8 Å². The molecule has 0 spiro atoms. The second kappa shape index (κ2) is 16.9. The van der Waals surface area contributed by atoms with Gasteiger partial charge in [-0.05, 0) is 67.3 Å². The fourth-order valence-electron chi connectivity index (χ4n) is 6.35. The van der Waals surface area contributed by atoms with Gasteiger partial charge in [-0.3, -0.25) is 13.9 Å².